The van der Waals surface area contributed by atoms with Crippen LogP contribution in [0.1, 0.15) is 36.3 Å². The van der Waals surface area contributed by atoms with E-state index >= 15 is 0 Å². The van der Waals surface area contributed by atoms with Gasteiger partial charge in [-0.25, -0.2) is 4.39 Å². The van der Waals surface area contributed by atoms with E-state index in [1.54, 1.807) is 23.4 Å². The molecular weight excluding hydrogens is 361 g/mol. The average Bonchev–Trinajstić information content (AvgIpc) is 3.20. The van der Waals surface area contributed by atoms with Crippen molar-refractivity contribution >= 4 is 17.5 Å². The minimum absolute atomic E-state index is 0.00859. The lowest BCUT2D eigenvalue weighted by atomic mass is 9.89. The molecule has 3 heterocycles. The Labute approximate surface area is 162 Å². The summed E-state index contributed by atoms with van der Waals surface area (Å²) in [5, 5.41) is 2.66. The molecule has 0 spiro atoms. The van der Waals surface area contributed by atoms with Gasteiger partial charge in [-0.05, 0) is 42.2 Å². The number of benzene rings is 1. The van der Waals surface area contributed by atoms with Gasteiger partial charge in [-0.1, -0.05) is 12.1 Å². The third-order valence-corrected chi connectivity index (χ3v) is 5.21. The summed E-state index contributed by atoms with van der Waals surface area (Å²) < 4.78 is 19.3. The van der Waals surface area contributed by atoms with E-state index in [9.17, 15) is 14.0 Å². The Bertz CT molecular complexity index is 868. The molecule has 2 amide bonds. The van der Waals surface area contributed by atoms with Crippen LogP contribution in [-0.4, -0.2) is 41.0 Å². The van der Waals surface area contributed by atoms with Gasteiger partial charge in [-0.3, -0.25) is 14.6 Å². The topological polar surface area (TPSA) is 71.5 Å². The van der Waals surface area contributed by atoms with Crippen LogP contribution in [0.3, 0.4) is 0 Å². The van der Waals surface area contributed by atoms with Crippen molar-refractivity contribution in [2.45, 2.75) is 37.8 Å². The van der Waals surface area contributed by atoms with E-state index < -0.39 is 11.7 Å². The van der Waals surface area contributed by atoms with Crippen molar-refractivity contribution in [3.05, 3.63) is 59.7 Å². The highest BCUT2D eigenvalue weighted by molar-refractivity contribution is 6.01. The monoisotopic (exact) mass is 383 g/mol. The Hall–Kier alpha value is -2.80. The standard InChI is InChI=1S/C21H22FN3O3/c22-15-5-6-17-18(10-20(26)24-19(17)9-15)21(27)25(13-16-4-2-8-28-16)12-14-3-1-7-23-11-14/h1,3,5-7,9,11,16,18H,2,4,8,10,12-13H2,(H,24,26). The van der Waals surface area contributed by atoms with Gasteiger partial charge in [0.2, 0.25) is 11.8 Å². The molecule has 0 radical (unpaired) electrons. The van der Waals surface area contributed by atoms with Gasteiger partial charge in [0.15, 0.2) is 0 Å². The Kier molecular flexibility index (Phi) is 5.34. The van der Waals surface area contributed by atoms with Crippen LogP contribution in [-0.2, 0) is 20.9 Å². The number of nitrogens with zero attached hydrogens (tertiary/aromatic N) is 2. The van der Waals surface area contributed by atoms with Crippen LogP contribution in [0.4, 0.5) is 10.1 Å². The number of rotatable bonds is 5. The first-order valence-corrected chi connectivity index (χ1v) is 9.49. The summed E-state index contributed by atoms with van der Waals surface area (Å²) in [4.78, 5) is 31.5. The summed E-state index contributed by atoms with van der Waals surface area (Å²) in [7, 11) is 0. The highest BCUT2D eigenvalue weighted by Crippen LogP contribution is 2.34. The predicted octanol–water partition coefficient (Wildman–Crippen LogP) is 2.85. The second-order valence-electron chi connectivity index (χ2n) is 7.25. The lowest BCUT2D eigenvalue weighted by Gasteiger charge is -2.32. The van der Waals surface area contributed by atoms with Crippen molar-refractivity contribution in [2.75, 3.05) is 18.5 Å². The second kappa shape index (κ2) is 8.06. The van der Waals surface area contributed by atoms with Crippen LogP contribution in [0.25, 0.3) is 0 Å². The largest absolute Gasteiger partial charge is 0.376 e. The number of carbonyl (C=O) groups is 2. The molecule has 6 nitrogen and oxygen atoms in total. The number of carbonyl (C=O) groups excluding carboxylic acids is 2. The number of amides is 2. The van der Waals surface area contributed by atoms with E-state index in [0.29, 0.717) is 30.9 Å². The lowest BCUT2D eigenvalue weighted by molar-refractivity contribution is -0.137. The molecule has 1 N–H and O–H groups in total. The van der Waals surface area contributed by atoms with Crippen LogP contribution in [0.15, 0.2) is 42.7 Å². The summed E-state index contributed by atoms with van der Waals surface area (Å²) in [5.74, 6) is -1.52. The number of hydrogen-bond donors (Lipinski definition) is 1. The number of hydrogen-bond acceptors (Lipinski definition) is 4. The third-order valence-electron chi connectivity index (χ3n) is 5.21. The molecule has 2 aliphatic heterocycles. The molecule has 0 saturated carbocycles. The van der Waals surface area contributed by atoms with Crippen LogP contribution >= 0.6 is 0 Å². The number of ether oxygens (including phenoxy) is 1. The molecule has 4 rings (SSSR count). The fraction of sp³-hybridized carbons (Fsp3) is 0.381. The van der Waals surface area contributed by atoms with Gasteiger partial charge in [0.1, 0.15) is 5.82 Å². The maximum atomic E-state index is 13.6. The predicted molar refractivity (Wildman–Crippen MR) is 101 cm³/mol. The number of nitrogens with one attached hydrogen (secondary N) is 1. The Morgan fingerprint density at radius 2 is 2.25 bits per heavy atom. The molecule has 1 aromatic heterocycles. The smallest absolute Gasteiger partial charge is 0.231 e. The van der Waals surface area contributed by atoms with Gasteiger partial charge in [0.05, 0.1) is 12.0 Å². The normalized spacial score (nSPS) is 21.1. The van der Waals surface area contributed by atoms with Gasteiger partial charge < -0.3 is 15.0 Å². The number of fused-ring (bicyclic) bond motifs is 1. The SMILES string of the molecule is O=C1CC(C(=O)N(Cc2cccnc2)CC2CCCO2)c2ccc(F)cc2N1. The molecule has 28 heavy (non-hydrogen) atoms. The zero-order chi connectivity index (χ0) is 19.5. The van der Waals surface area contributed by atoms with Gasteiger partial charge >= 0.3 is 0 Å². The van der Waals surface area contributed by atoms with Crippen LogP contribution < -0.4 is 5.32 Å². The lowest BCUT2D eigenvalue weighted by Crippen LogP contribution is -2.42. The second-order valence-corrected chi connectivity index (χ2v) is 7.25. The van der Waals surface area contributed by atoms with Crippen molar-refractivity contribution in [1.29, 1.82) is 0 Å². The molecule has 2 atom stereocenters. The minimum Gasteiger partial charge on any atom is -0.376 e. The molecule has 2 aliphatic rings. The molecule has 1 saturated heterocycles. The number of anilines is 1. The van der Waals surface area contributed by atoms with Crippen molar-refractivity contribution in [3.63, 3.8) is 0 Å². The summed E-state index contributed by atoms with van der Waals surface area (Å²) in [6.07, 6.45) is 5.34. The number of pyridine rings is 1. The third kappa shape index (κ3) is 4.04. The Balaban J connectivity index is 1.61. The fourth-order valence-corrected chi connectivity index (χ4v) is 3.86. The molecule has 2 unspecified atom stereocenters. The molecule has 2 aromatic rings. The van der Waals surface area contributed by atoms with Crippen molar-refractivity contribution in [3.8, 4) is 0 Å². The summed E-state index contributed by atoms with van der Waals surface area (Å²) in [6, 6.07) is 7.91. The Morgan fingerprint density at radius 1 is 1.36 bits per heavy atom. The fourth-order valence-electron chi connectivity index (χ4n) is 3.86. The van der Waals surface area contributed by atoms with E-state index in [1.165, 1.54) is 12.1 Å². The quantitative estimate of drug-likeness (QED) is 0.862. The minimum atomic E-state index is -0.637. The zero-order valence-electron chi connectivity index (χ0n) is 15.4. The summed E-state index contributed by atoms with van der Waals surface area (Å²) in [6.45, 7) is 1.55. The molecule has 1 aromatic carbocycles. The van der Waals surface area contributed by atoms with Crippen LogP contribution in [0.2, 0.25) is 0 Å². The van der Waals surface area contributed by atoms with Gasteiger partial charge in [0, 0.05) is 44.2 Å². The number of halogens is 1. The molecule has 1 fully saturated rings. The van der Waals surface area contributed by atoms with E-state index in [2.05, 4.69) is 10.3 Å². The molecule has 7 heteroatoms. The van der Waals surface area contributed by atoms with Gasteiger partial charge in [-0.15, -0.1) is 0 Å². The van der Waals surface area contributed by atoms with Crippen LogP contribution in [0, 0.1) is 5.82 Å². The summed E-state index contributed by atoms with van der Waals surface area (Å²) >= 11 is 0. The first-order chi connectivity index (χ1) is 13.6. The highest BCUT2D eigenvalue weighted by Gasteiger charge is 2.35. The first-order valence-electron chi connectivity index (χ1n) is 9.49. The molecule has 0 aliphatic carbocycles. The van der Waals surface area contributed by atoms with Gasteiger partial charge in [0.25, 0.3) is 0 Å². The first kappa shape index (κ1) is 18.6. The van der Waals surface area contributed by atoms with Crippen molar-refractivity contribution in [2.24, 2.45) is 0 Å². The van der Waals surface area contributed by atoms with E-state index in [-0.39, 0.29) is 24.3 Å². The van der Waals surface area contributed by atoms with E-state index in [0.717, 1.165) is 18.4 Å². The van der Waals surface area contributed by atoms with Crippen LogP contribution in [0.5, 0.6) is 0 Å². The van der Waals surface area contributed by atoms with E-state index in [4.69, 9.17) is 4.74 Å². The average molecular weight is 383 g/mol. The van der Waals surface area contributed by atoms with E-state index in [1.807, 2.05) is 12.1 Å². The zero-order valence-corrected chi connectivity index (χ0v) is 15.4. The summed E-state index contributed by atoms with van der Waals surface area (Å²) in [5.41, 5.74) is 1.93. The maximum Gasteiger partial charge on any atom is 0.231 e. The van der Waals surface area contributed by atoms with Gasteiger partial charge in [-0.2, -0.15) is 0 Å². The molecule has 0 bridgehead atoms. The Morgan fingerprint density at radius 3 is 3.00 bits per heavy atom. The van der Waals surface area contributed by atoms with Crippen molar-refractivity contribution in [1.82, 2.24) is 9.88 Å². The molecule has 146 valence electrons. The maximum absolute atomic E-state index is 13.6. The molecular formula is C21H22FN3O3. The number of aromatic nitrogens is 1. The van der Waals surface area contributed by atoms with Crippen molar-refractivity contribution < 1.29 is 18.7 Å². The highest BCUT2D eigenvalue weighted by atomic mass is 19.1.